The monoisotopic (exact) mass is 306 g/mol. The summed E-state index contributed by atoms with van der Waals surface area (Å²) in [5, 5.41) is 21.5. The van der Waals surface area contributed by atoms with Crippen LogP contribution in [0.25, 0.3) is 0 Å². The SMILES string of the molecule is C=C1CC[C@@H]2[C@@H](C(C)(C)O)CC[C@@]2(C)C[C@H]2[C@H]1CC[C@@]2(C)O. The number of aliphatic hydroxyl groups is 2. The molecule has 3 saturated carbocycles. The first kappa shape index (κ1) is 16.5. The van der Waals surface area contributed by atoms with Gasteiger partial charge < -0.3 is 10.2 Å². The highest BCUT2D eigenvalue weighted by atomic mass is 16.3. The Bertz CT molecular complexity index is 459. The zero-order chi connectivity index (χ0) is 16.3. The summed E-state index contributed by atoms with van der Waals surface area (Å²) in [5.41, 5.74) is 0.486. The largest absolute Gasteiger partial charge is 0.390 e. The Morgan fingerprint density at radius 2 is 1.77 bits per heavy atom. The molecule has 0 aromatic heterocycles. The van der Waals surface area contributed by atoms with Gasteiger partial charge in [-0.3, -0.25) is 0 Å². The molecule has 22 heavy (non-hydrogen) atoms. The van der Waals surface area contributed by atoms with E-state index in [1.165, 1.54) is 12.0 Å². The van der Waals surface area contributed by atoms with E-state index in [-0.39, 0.29) is 5.41 Å². The number of rotatable bonds is 1. The van der Waals surface area contributed by atoms with Gasteiger partial charge in [-0.1, -0.05) is 19.1 Å². The summed E-state index contributed by atoms with van der Waals surface area (Å²) < 4.78 is 0. The van der Waals surface area contributed by atoms with E-state index in [0.29, 0.717) is 23.7 Å². The summed E-state index contributed by atoms with van der Waals surface area (Å²) in [6.45, 7) is 12.8. The molecular formula is C20H34O2. The molecule has 6 atom stereocenters. The second-order valence-electron chi connectivity index (χ2n) is 9.57. The first-order valence-corrected chi connectivity index (χ1v) is 9.17. The van der Waals surface area contributed by atoms with E-state index in [1.54, 1.807) is 0 Å². The third kappa shape index (κ3) is 2.57. The lowest BCUT2D eigenvalue weighted by Gasteiger charge is -2.45. The molecule has 0 unspecified atom stereocenters. The first-order valence-electron chi connectivity index (χ1n) is 9.17. The second-order valence-corrected chi connectivity index (χ2v) is 9.57. The van der Waals surface area contributed by atoms with Gasteiger partial charge in [-0.05, 0) is 94.8 Å². The molecule has 0 spiro atoms. The van der Waals surface area contributed by atoms with E-state index in [0.717, 1.165) is 38.5 Å². The Morgan fingerprint density at radius 3 is 2.41 bits per heavy atom. The highest BCUT2D eigenvalue weighted by molar-refractivity contribution is 5.15. The van der Waals surface area contributed by atoms with Gasteiger partial charge in [-0.25, -0.2) is 0 Å². The maximum atomic E-state index is 10.9. The minimum Gasteiger partial charge on any atom is -0.390 e. The average Bonchev–Trinajstić information content (AvgIpc) is 2.84. The van der Waals surface area contributed by atoms with Crippen LogP contribution in [0.15, 0.2) is 12.2 Å². The third-order valence-electron chi connectivity index (χ3n) is 7.55. The topological polar surface area (TPSA) is 40.5 Å². The highest BCUT2D eigenvalue weighted by Crippen LogP contribution is 2.61. The van der Waals surface area contributed by atoms with Crippen molar-refractivity contribution in [2.24, 2.45) is 29.1 Å². The summed E-state index contributed by atoms with van der Waals surface area (Å²) >= 11 is 0. The number of fused-ring (bicyclic) bond motifs is 2. The van der Waals surface area contributed by atoms with E-state index in [2.05, 4.69) is 13.5 Å². The van der Waals surface area contributed by atoms with Crippen LogP contribution in [0.5, 0.6) is 0 Å². The third-order valence-corrected chi connectivity index (χ3v) is 7.55. The van der Waals surface area contributed by atoms with E-state index < -0.39 is 11.2 Å². The van der Waals surface area contributed by atoms with Crippen LogP contribution in [-0.2, 0) is 0 Å². The van der Waals surface area contributed by atoms with Crippen LogP contribution in [0.1, 0.15) is 72.6 Å². The quantitative estimate of drug-likeness (QED) is 0.709. The summed E-state index contributed by atoms with van der Waals surface area (Å²) in [6, 6.07) is 0. The lowest BCUT2D eigenvalue weighted by molar-refractivity contribution is -0.0433. The van der Waals surface area contributed by atoms with Crippen molar-refractivity contribution in [3.05, 3.63) is 12.2 Å². The van der Waals surface area contributed by atoms with Crippen LogP contribution < -0.4 is 0 Å². The summed E-state index contributed by atoms with van der Waals surface area (Å²) in [4.78, 5) is 0. The predicted octanol–water partition coefficient (Wildman–Crippen LogP) is 4.31. The molecule has 0 aromatic rings. The van der Waals surface area contributed by atoms with Crippen molar-refractivity contribution in [3.63, 3.8) is 0 Å². The second kappa shape index (κ2) is 5.08. The van der Waals surface area contributed by atoms with Gasteiger partial charge in [0.1, 0.15) is 0 Å². The van der Waals surface area contributed by atoms with Crippen LogP contribution in [-0.4, -0.2) is 21.4 Å². The van der Waals surface area contributed by atoms with Gasteiger partial charge in [-0.2, -0.15) is 0 Å². The Labute approximate surface area is 136 Å². The number of hydrogen-bond acceptors (Lipinski definition) is 2. The maximum Gasteiger partial charge on any atom is 0.0653 e. The van der Waals surface area contributed by atoms with Gasteiger partial charge in [0.2, 0.25) is 0 Å². The predicted molar refractivity (Wildman–Crippen MR) is 90.4 cm³/mol. The smallest absolute Gasteiger partial charge is 0.0653 e. The van der Waals surface area contributed by atoms with Gasteiger partial charge in [0, 0.05) is 0 Å². The standard InChI is InChI=1S/C20H34O2/c1-13-6-7-16-15(18(2,3)21)9-10-19(16,4)12-17-14(13)8-11-20(17,5)22/h14-17,21-22H,1,6-12H2,2-5H3/t14-,15-,16+,17-,19-,20+/m0/s1. The highest BCUT2D eigenvalue weighted by Gasteiger charge is 2.55. The van der Waals surface area contributed by atoms with Crippen molar-refractivity contribution < 1.29 is 10.2 Å². The zero-order valence-corrected chi connectivity index (χ0v) is 14.9. The number of hydrogen-bond donors (Lipinski definition) is 2. The maximum absolute atomic E-state index is 10.9. The van der Waals surface area contributed by atoms with Crippen LogP contribution >= 0.6 is 0 Å². The zero-order valence-electron chi connectivity index (χ0n) is 14.9. The van der Waals surface area contributed by atoms with Crippen molar-refractivity contribution >= 4 is 0 Å². The lowest BCUT2D eigenvalue weighted by Crippen LogP contribution is -2.42. The van der Waals surface area contributed by atoms with Gasteiger partial charge in [0.05, 0.1) is 11.2 Å². The van der Waals surface area contributed by atoms with E-state index in [9.17, 15) is 10.2 Å². The number of allylic oxidation sites excluding steroid dienone is 1. The van der Waals surface area contributed by atoms with Crippen LogP contribution in [0.4, 0.5) is 0 Å². The molecule has 3 aliphatic rings. The molecule has 2 heteroatoms. The summed E-state index contributed by atoms with van der Waals surface area (Å²) in [7, 11) is 0. The molecule has 0 heterocycles. The van der Waals surface area contributed by atoms with Crippen LogP contribution in [0.3, 0.4) is 0 Å². The molecule has 0 aliphatic heterocycles. The Balaban J connectivity index is 1.92. The van der Waals surface area contributed by atoms with Gasteiger partial charge >= 0.3 is 0 Å². The molecule has 3 fully saturated rings. The normalized spacial score (nSPS) is 49.5. The van der Waals surface area contributed by atoms with Gasteiger partial charge in [0.15, 0.2) is 0 Å². The van der Waals surface area contributed by atoms with Crippen molar-refractivity contribution in [2.45, 2.75) is 83.8 Å². The Kier molecular flexibility index (Phi) is 3.81. The summed E-state index contributed by atoms with van der Waals surface area (Å²) in [6.07, 6.45) is 7.67. The van der Waals surface area contributed by atoms with Crippen LogP contribution in [0.2, 0.25) is 0 Å². The molecule has 0 bridgehead atoms. The van der Waals surface area contributed by atoms with Crippen molar-refractivity contribution in [2.75, 3.05) is 0 Å². The fourth-order valence-electron chi connectivity index (χ4n) is 6.15. The molecular weight excluding hydrogens is 272 g/mol. The molecule has 2 N–H and O–H groups in total. The average molecular weight is 306 g/mol. The molecule has 3 aliphatic carbocycles. The molecule has 126 valence electrons. The van der Waals surface area contributed by atoms with Crippen molar-refractivity contribution in [3.8, 4) is 0 Å². The molecule has 2 nitrogen and oxygen atoms in total. The Hall–Kier alpha value is -0.340. The van der Waals surface area contributed by atoms with Crippen LogP contribution in [0, 0.1) is 29.1 Å². The lowest BCUT2D eigenvalue weighted by atomic mass is 9.61. The molecule has 0 saturated heterocycles. The molecule has 0 radical (unpaired) electrons. The summed E-state index contributed by atoms with van der Waals surface area (Å²) in [5.74, 6) is 1.80. The minimum absolute atomic E-state index is 0.266. The van der Waals surface area contributed by atoms with Crippen molar-refractivity contribution in [1.82, 2.24) is 0 Å². The van der Waals surface area contributed by atoms with Gasteiger partial charge in [0.25, 0.3) is 0 Å². The fourth-order valence-corrected chi connectivity index (χ4v) is 6.15. The van der Waals surface area contributed by atoms with Crippen molar-refractivity contribution in [1.29, 1.82) is 0 Å². The Morgan fingerprint density at radius 1 is 1.09 bits per heavy atom. The molecule has 0 amide bonds. The molecule has 3 rings (SSSR count). The first-order chi connectivity index (χ1) is 10.0. The van der Waals surface area contributed by atoms with Gasteiger partial charge in [-0.15, -0.1) is 0 Å². The van der Waals surface area contributed by atoms with E-state index in [1.807, 2.05) is 20.8 Å². The molecule has 0 aromatic carbocycles. The minimum atomic E-state index is -0.597. The van der Waals surface area contributed by atoms with E-state index >= 15 is 0 Å². The van der Waals surface area contributed by atoms with E-state index in [4.69, 9.17) is 0 Å². The fraction of sp³-hybridized carbons (Fsp3) is 0.900.